The third-order valence-electron chi connectivity index (χ3n) is 3.20. The van der Waals surface area contributed by atoms with E-state index in [1.54, 1.807) is 0 Å². The number of hydrogen-bond donors (Lipinski definition) is 2. The molecule has 0 aliphatic heterocycles. The second-order valence-electron chi connectivity index (χ2n) is 4.88. The number of rotatable bonds is 6. The van der Waals surface area contributed by atoms with E-state index in [2.05, 4.69) is 6.92 Å². The number of aliphatic carboxylic acids is 2. The molecule has 0 heterocycles. The van der Waals surface area contributed by atoms with Crippen LogP contribution in [0.2, 0.25) is 0 Å². The first kappa shape index (κ1) is 16.9. The molecule has 0 spiro atoms. The molecule has 0 saturated heterocycles. The van der Waals surface area contributed by atoms with Crippen molar-refractivity contribution in [2.75, 3.05) is 0 Å². The van der Waals surface area contributed by atoms with Crippen LogP contribution in [0.5, 0.6) is 0 Å². The van der Waals surface area contributed by atoms with Crippen molar-refractivity contribution in [3.63, 3.8) is 0 Å². The second kappa shape index (κ2) is 11.1. The Bertz CT molecular complexity index is 232. The molecule has 1 aliphatic rings. The van der Waals surface area contributed by atoms with Gasteiger partial charge in [-0.2, -0.15) is 0 Å². The van der Waals surface area contributed by atoms with Crippen LogP contribution in [0.25, 0.3) is 0 Å². The molecular weight excluding hydrogens is 232 g/mol. The summed E-state index contributed by atoms with van der Waals surface area (Å²) in [5, 5.41) is 16.8. The van der Waals surface area contributed by atoms with Gasteiger partial charge in [-0.3, -0.25) is 9.59 Å². The highest BCUT2D eigenvalue weighted by molar-refractivity contribution is 5.69. The van der Waals surface area contributed by atoms with Crippen molar-refractivity contribution in [2.45, 2.75) is 71.1 Å². The molecule has 0 aromatic carbocycles. The van der Waals surface area contributed by atoms with E-state index < -0.39 is 11.9 Å². The minimum atomic E-state index is -0.675. The van der Waals surface area contributed by atoms with Crippen molar-refractivity contribution in [3.8, 4) is 0 Å². The number of carboxylic acids is 2. The van der Waals surface area contributed by atoms with E-state index >= 15 is 0 Å². The number of hydrogen-bond acceptors (Lipinski definition) is 2. The maximum Gasteiger partial charge on any atom is 0.306 e. The molecule has 1 saturated carbocycles. The van der Waals surface area contributed by atoms with Crippen LogP contribution >= 0.6 is 0 Å². The Morgan fingerprint density at radius 3 is 2.00 bits per heavy atom. The monoisotopic (exact) mass is 258 g/mol. The number of unbranched alkanes of at least 4 members (excludes halogenated alkanes) is 3. The van der Waals surface area contributed by atoms with Crippen molar-refractivity contribution in [3.05, 3.63) is 0 Å². The standard InChI is InChI=1S/C7H12O2.C7H14O2/c8-7(9)6-4-2-1-3-5-6;1-2-3-4-5-6-7(8)9/h6H,1-5H2,(H,8,9);2-6H2,1H3,(H,8,9). The molecule has 0 unspecified atom stereocenters. The largest absolute Gasteiger partial charge is 0.481 e. The van der Waals surface area contributed by atoms with Gasteiger partial charge < -0.3 is 10.2 Å². The van der Waals surface area contributed by atoms with Gasteiger partial charge in [0.05, 0.1) is 5.92 Å². The van der Waals surface area contributed by atoms with Crippen molar-refractivity contribution < 1.29 is 19.8 Å². The third kappa shape index (κ3) is 10.1. The van der Waals surface area contributed by atoms with Crippen molar-refractivity contribution in [2.24, 2.45) is 5.92 Å². The highest BCUT2D eigenvalue weighted by Gasteiger charge is 2.19. The maximum absolute atomic E-state index is 10.4. The van der Waals surface area contributed by atoms with E-state index in [0.29, 0.717) is 6.42 Å². The first-order valence-electron chi connectivity index (χ1n) is 7.02. The molecule has 4 nitrogen and oxygen atoms in total. The Balaban J connectivity index is 0.000000321. The lowest BCUT2D eigenvalue weighted by atomic mass is 9.90. The number of carbonyl (C=O) groups is 2. The lowest BCUT2D eigenvalue weighted by Gasteiger charge is -2.16. The average molecular weight is 258 g/mol. The zero-order valence-electron chi connectivity index (χ0n) is 11.4. The summed E-state index contributed by atoms with van der Waals surface area (Å²) < 4.78 is 0. The van der Waals surface area contributed by atoms with Gasteiger partial charge in [-0.05, 0) is 19.3 Å². The lowest BCUT2D eigenvalue weighted by molar-refractivity contribution is -0.142. The summed E-state index contributed by atoms with van der Waals surface area (Å²) in [4.78, 5) is 20.3. The SMILES string of the molecule is CCCCCCC(=O)O.O=C(O)C1CCCCC1. The molecule has 106 valence electrons. The van der Waals surface area contributed by atoms with Crippen LogP contribution in [0.1, 0.15) is 71.1 Å². The zero-order valence-corrected chi connectivity index (χ0v) is 11.4. The quantitative estimate of drug-likeness (QED) is 0.712. The molecule has 0 radical (unpaired) electrons. The Hall–Kier alpha value is -1.06. The molecule has 0 atom stereocenters. The predicted octanol–water partition coefficient (Wildman–Crippen LogP) is 3.69. The van der Waals surface area contributed by atoms with Gasteiger partial charge in [0.1, 0.15) is 0 Å². The highest BCUT2D eigenvalue weighted by Crippen LogP contribution is 2.23. The van der Waals surface area contributed by atoms with E-state index in [4.69, 9.17) is 10.2 Å². The summed E-state index contributed by atoms with van der Waals surface area (Å²) in [7, 11) is 0. The van der Waals surface area contributed by atoms with Gasteiger partial charge in [0.25, 0.3) is 0 Å². The molecule has 0 aromatic rings. The van der Waals surface area contributed by atoms with Crippen LogP contribution in [0.3, 0.4) is 0 Å². The van der Waals surface area contributed by atoms with Crippen LogP contribution in [-0.2, 0) is 9.59 Å². The second-order valence-corrected chi connectivity index (χ2v) is 4.88. The van der Waals surface area contributed by atoms with Crippen LogP contribution in [0.4, 0.5) is 0 Å². The van der Waals surface area contributed by atoms with E-state index in [1.165, 1.54) is 12.8 Å². The summed E-state index contributed by atoms with van der Waals surface area (Å²) in [6, 6.07) is 0. The van der Waals surface area contributed by atoms with Crippen LogP contribution < -0.4 is 0 Å². The van der Waals surface area contributed by atoms with E-state index in [1.807, 2.05) is 0 Å². The van der Waals surface area contributed by atoms with Crippen molar-refractivity contribution >= 4 is 11.9 Å². The molecular formula is C14H26O4. The fourth-order valence-electron chi connectivity index (χ4n) is 2.05. The normalized spacial score (nSPS) is 15.6. The first-order valence-corrected chi connectivity index (χ1v) is 7.02. The summed E-state index contributed by atoms with van der Waals surface area (Å²) in [5.74, 6) is -1.31. The minimum Gasteiger partial charge on any atom is -0.481 e. The first-order chi connectivity index (χ1) is 8.57. The molecule has 2 N–H and O–H groups in total. The van der Waals surface area contributed by atoms with Crippen LogP contribution in [-0.4, -0.2) is 22.2 Å². The van der Waals surface area contributed by atoms with Crippen LogP contribution in [0.15, 0.2) is 0 Å². The minimum absolute atomic E-state index is 0.0289. The Labute approximate surface area is 109 Å². The summed E-state index contributed by atoms with van der Waals surface area (Å²) in [6.45, 7) is 2.11. The van der Waals surface area contributed by atoms with E-state index in [-0.39, 0.29) is 5.92 Å². The fraction of sp³-hybridized carbons (Fsp3) is 0.857. The molecule has 0 aromatic heterocycles. The molecule has 4 heteroatoms. The zero-order chi connectivity index (χ0) is 13.8. The predicted molar refractivity (Wildman–Crippen MR) is 70.6 cm³/mol. The lowest BCUT2D eigenvalue weighted by Crippen LogP contribution is -2.16. The fourth-order valence-corrected chi connectivity index (χ4v) is 2.05. The van der Waals surface area contributed by atoms with Gasteiger partial charge in [-0.25, -0.2) is 0 Å². The van der Waals surface area contributed by atoms with Gasteiger partial charge >= 0.3 is 11.9 Å². The van der Waals surface area contributed by atoms with Gasteiger partial charge in [0.2, 0.25) is 0 Å². The highest BCUT2D eigenvalue weighted by atomic mass is 16.4. The van der Waals surface area contributed by atoms with Gasteiger partial charge in [-0.15, -0.1) is 0 Å². The summed E-state index contributed by atoms with van der Waals surface area (Å²) >= 11 is 0. The molecule has 1 fully saturated rings. The average Bonchev–Trinajstić information content (AvgIpc) is 2.36. The molecule has 1 rings (SSSR count). The number of carboxylic acid groups (broad SMARTS) is 2. The van der Waals surface area contributed by atoms with Gasteiger partial charge in [-0.1, -0.05) is 45.4 Å². The van der Waals surface area contributed by atoms with E-state index in [9.17, 15) is 9.59 Å². The topological polar surface area (TPSA) is 74.6 Å². The van der Waals surface area contributed by atoms with Crippen molar-refractivity contribution in [1.29, 1.82) is 0 Å². The van der Waals surface area contributed by atoms with Crippen LogP contribution in [0, 0.1) is 5.92 Å². The maximum atomic E-state index is 10.4. The Morgan fingerprint density at radius 2 is 1.61 bits per heavy atom. The van der Waals surface area contributed by atoms with E-state index in [0.717, 1.165) is 44.9 Å². The Kier molecular flexibility index (Phi) is 10.4. The molecule has 0 bridgehead atoms. The van der Waals surface area contributed by atoms with Gasteiger partial charge in [0.15, 0.2) is 0 Å². The third-order valence-corrected chi connectivity index (χ3v) is 3.20. The van der Waals surface area contributed by atoms with Crippen molar-refractivity contribution in [1.82, 2.24) is 0 Å². The smallest absolute Gasteiger partial charge is 0.306 e. The summed E-state index contributed by atoms with van der Waals surface area (Å²) in [5.41, 5.74) is 0. The van der Waals surface area contributed by atoms with Gasteiger partial charge in [0, 0.05) is 6.42 Å². The Morgan fingerprint density at radius 1 is 1.00 bits per heavy atom. The molecule has 0 amide bonds. The molecule has 18 heavy (non-hydrogen) atoms. The summed E-state index contributed by atoms with van der Waals surface area (Å²) in [6.07, 6.45) is 9.79. The molecule has 1 aliphatic carbocycles.